The van der Waals surface area contributed by atoms with Crippen molar-refractivity contribution in [3.8, 4) is 5.75 Å². The lowest BCUT2D eigenvalue weighted by molar-refractivity contribution is 0.0635. The quantitative estimate of drug-likeness (QED) is 0.828. The molecular formula is C11H15ClN2O3. The molecule has 0 fully saturated rings. The normalized spacial score (nSPS) is 10.9. The molecule has 94 valence electrons. The summed E-state index contributed by atoms with van der Waals surface area (Å²) in [6.45, 7) is 5.35. The van der Waals surface area contributed by atoms with Crippen LogP contribution in [0.25, 0.3) is 0 Å². The second-order valence-corrected chi connectivity index (χ2v) is 4.72. The summed E-state index contributed by atoms with van der Waals surface area (Å²) in [5.41, 5.74) is -0.150. The van der Waals surface area contributed by atoms with Crippen LogP contribution in [-0.4, -0.2) is 23.8 Å². The van der Waals surface area contributed by atoms with Crippen LogP contribution in [0.2, 0.25) is 5.15 Å². The topological polar surface area (TPSA) is 60.5 Å². The SMILES string of the molecule is COc1cc(Cl)ncc1NC(=O)OC(C)(C)C. The Morgan fingerprint density at radius 3 is 2.65 bits per heavy atom. The summed E-state index contributed by atoms with van der Waals surface area (Å²) in [6.07, 6.45) is 0.838. The Bertz CT molecular complexity index is 416. The predicted octanol–water partition coefficient (Wildman–Crippen LogP) is 3.09. The number of amides is 1. The number of methoxy groups -OCH3 is 1. The van der Waals surface area contributed by atoms with Gasteiger partial charge in [0.05, 0.1) is 13.3 Å². The van der Waals surface area contributed by atoms with Crippen molar-refractivity contribution in [3.05, 3.63) is 17.4 Å². The van der Waals surface area contributed by atoms with E-state index in [0.717, 1.165) is 0 Å². The highest BCUT2D eigenvalue weighted by Crippen LogP contribution is 2.26. The summed E-state index contributed by atoms with van der Waals surface area (Å²) < 4.78 is 10.2. The molecule has 1 N–H and O–H groups in total. The average molecular weight is 259 g/mol. The number of carbonyl (C=O) groups excluding carboxylic acids is 1. The third-order valence-electron chi connectivity index (χ3n) is 1.69. The Morgan fingerprint density at radius 1 is 1.47 bits per heavy atom. The van der Waals surface area contributed by atoms with Crippen LogP contribution in [0.4, 0.5) is 10.5 Å². The number of halogens is 1. The number of nitrogens with zero attached hydrogens (tertiary/aromatic N) is 1. The van der Waals surface area contributed by atoms with Crippen LogP contribution >= 0.6 is 11.6 Å². The molecule has 0 aromatic carbocycles. The number of rotatable bonds is 2. The van der Waals surface area contributed by atoms with Crippen molar-refractivity contribution < 1.29 is 14.3 Å². The molecule has 0 saturated carbocycles. The van der Waals surface area contributed by atoms with Gasteiger partial charge in [-0.2, -0.15) is 0 Å². The van der Waals surface area contributed by atoms with Gasteiger partial charge in [-0.05, 0) is 20.8 Å². The van der Waals surface area contributed by atoms with Crippen LogP contribution in [0, 0.1) is 0 Å². The molecule has 1 amide bonds. The fraction of sp³-hybridized carbons (Fsp3) is 0.455. The number of pyridine rings is 1. The molecular weight excluding hydrogens is 244 g/mol. The van der Waals surface area contributed by atoms with E-state index in [-0.39, 0.29) is 5.15 Å². The highest BCUT2D eigenvalue weighted by molar-refractivity contribution is 6.29. The van der Waals surface area contributed by atoms with E-state index in [1.165, 1.54) is 19.4 Å². The first-order chi connectivity index (χ1) is 7.81. The van der Waals surface area contributed by atoms with E-state index in [2.05, 4.69) is 10.3 Å². The van der Waals surface area contributed by atoms with Crippen molar-refractivity contribution in [2.45, 2.75) is 26.4 Å². The lowest BCUT2D eigenvalue weighted by Crippen LogP contribution is -2.27. The standard InChI is InChI=1S/C11H15ClN2O3/c1-11(2,3)17-10(15)14-7-6-13-9(12)5-8(7)16-4/h5-6H,1-4H3,(H,14,15). The number of carbonyl (C=O) groups is 1. The second kappa shape index (κ2) is 5.23. The van der Waals surface area contributed by atoms with Gasteiger partial charge in [-0.25, -0.2) is 9.78 Å². The Kier molecular flexibility index (Phi) is 4.17. The van der Waals surface area contributed by atoms with Gasteiger partial charge in [0.1, 0.15) is 22.2 Å². The highest BCUT2D eigenvalue weighted by atomic mass is 35.5. The van der Waals surface area contributed by atoms with Gasteiger partial charge in [0.25, 0.3) is 0 Å². The van der Waals surface area contributed by atoms with Crippen molar-refractivity contribution in [2.24, 2.45) is 0 Å². The van der Waals surface area contributed by atoms with E-state index < -0.39 is 11.7 Å². The van der Waals surface area contributed by atoms with E-state index in [0.29, 0.717) is 11.4 Å². The molecule has 6 heteroatoms. The minimum absolute atomic E-state index is 0.289. The number of ether oxygens (including phenoxy) is 2. The van der Waals surface area contributed by atoms with Crippen LogP contribution in [-0.2, 0) is 4.74 Å². The first-order valence-electron chi connectivity index (χ1n) is 5.01. The first kappa shape index (κ1) is 13.6. The maximum absolute atomic E-state index is 11.5. The zero-order valence-corrected chi connectivity index (χ0v) is 11.0. The van der Waals surface area contributed by atoms with Gasteiger partial charge in [0.15, 0.2) is 0 Å². The molecule has 1 aromatic rings. The van der Waals surface area contributed by atoms with Crippen molar-refractivity contribution >= 4 is 23.4 Å². The largest absolute Gasteiger partial charge is 0.494 e. The summed E-state index contributed by atoms with van der Waals surface area (Å²) in [4.78, 5) is 15.4. The predicted molar refractivity (Wildman–Crippen MR) is 65.7 cm³/mol. The van der Waals surface area contributed by atoms with Crippen molar-refractivity contribution in [1.82, 2.24) is 4.98 Å². The maximum atomic E-state index is 11.5. The van der Waals surface area contributed by atoms with Crippen LogP contribution < -0.4 is 10.1 Å². The minimum Gasteiger partial charge on any atom is -0.494 e. The van der Waals surface area contributed by atoms with E-state index >= 15 is 0 Å². The molecule has 17 heavy (non-hydrogen) atoms. The fourth-order valence-electron chi connectivity index (χ4n) is 1.09. The number of hydrogen-bond acceptors (Lipinski definition) is 4. The monoisotopic (exact) mass is 258 g/mol. The lowest BCUT2D eigenvalue weighted by atomic mass is 10.2. The summed E-state index contributed by atoms with van der Waals surface area (Å²) in [5.74, 6) is 0.427. The zero-order chi connectivity index (χ0) is 13.1. The summed E-state index contributed by atoms with van der Waals surface area (Å²) in [6, 6.07) is 1.51. The van der Waals surface area contributed by atoms with Gasteiger partial charge in [-0.3, -0.25) is 5.32 Å². The van der Waals surface area contributed by atoms with Crippen LogP contribution in [0.5, 0.6) is 5.75 Å². The van der Waals surface area contributed by atoms with Crippen molar-refractivity contribution in [3.63, 3.8) is 0 Å². The van der Waals surface area contributed by atoms with Crippen LogP contribution in [0.1, 0.15) is 20.8 Å². The molecule has 0 aliphatic heterocycles. The zero-order valence-electron chi connectivity index (χ0n) is 10.2. The lowest BCUT2D eigenvalue weighted by Gasteiger charge is -2.20. The van der Waals surface area contributed by atoms with E-state index in [9.17, 15) is 4.79 Å². The highest BCUT2D eigenvalue weighted by Gasteiger charge is 2.17. The maximum Gasteiger partial charge on any atom is 0.412 e. The number of aromatic nitrogens is 1. The van der Waals surface area contributed by atoms with Gasteiger partial charge in [-0.15, -0.1) is 0 Å². The number of hydrogen-bond donors (Lipinski definition) is 1. The molecule has 0 bridgehead atoms. The molecule has 5 nitrogen and oxygen atoms in total. The smallest absolute Gasteiger partial charge is 0.412 e. The molecule has 0 aliphatic rings. The summed E-state index contributed by atoms with van der Waals surface area (Å²) in [7, 11) is 1.48. The molecule has 1 aromatic heterocycles. The molecule has 0 saturated heterocycles. The third kappa shape index (κ3) is 4.48. The fourth-order valence-corrected chi connectivity index (χ4v) is 1.24. The molecule has 0 spiro atoms. The number of nitrogens with one attached hydrogen (secondary N) is 1. The van der Waals surface area contributed by atoms with Crippen LogP contribution in [0.15, 0.2) is 12.3 Å². The Hall–Kier alpha value is -1.49. The summed E-state index contributed by atoms with van der Waals surface area (Å²) in [5, 5.41) is 2.83. The van der Waals surface area contributed by atoms with Crippen LogP contribution in [0.3, 0.4) is 0 Å². The molecule has 0 unspecified atom stereocenters. The Balaban J connectivity index is 2.78. The molecule has 0 aliphatic carbocycles. The first-order valence-corrected chi connectivity index (χ1v) is 5.39. The molecule has 0 radical (unpaired) electrons. The molecule has 1 rings (SSSR count). The van der Waals surface area contributed by atoms with E-state index in [4.69, 9.17) is 21.1 Å². The van der Waals surface area contributed by atoms with Gasteiger partial charge >= 0.3 is 6.09 Å². The average Bonchev–Trinajstić information content (AvgIpc) is 2.17. The van der Waals surface area contributed by atoms with Gasteiger partial charge in [0.2, 0.25) is 0 Å². The van der Waals surface area contributed by atoms with E-state index in [1.807, 2.05) is 0 Å². The van der Waals surface area contributed by atoms with Gasteiger partial charge in [-0.1, -0.05) is 11.6 Å². The van der Waals surface area contributed by atoms with E-state index in [1.54, 1.807) is 20.8 Å². The Labute approximate surface area is 105 Å². The number of anilines is 1. The molecule has 0 atom stereocenters. The Morgan fingerprint density at radius 2 is 2.12 bits per heavy atom. The third-order valence-corrected chi connectivity index (χ3v) is 1.89. The van der Waals surface area contributed by atoms with Gasteiger partial charge in [0, 0.05) is 6.07 Å². The van der Waals surface area contributed by atoms with Crippen molar-refractivity contribution in [1.29, 1.82) is 0 Å². The minimum atomic E-state index is -0.570. The summed E-state index contributed by atoms with van der Waals surface area (Å²) >= 11 is 5.70. The van der Waals surface area contributed by atoms with Crippen molar-refractivity contribution in [2.75, 3.05) is 12.4 Å². The van der Waals surface area contributed by atoms with Gasteiger partial charge < -0.3 is 9.47 Å². The second-order valence-electron chi connectivity index (χ2n) is 4.33. The molecule has 1 heterocycles.